The van der Waals surface area contributed by atoms with Crippen molar-refractivity contribution < 1.29 is 0 Å². The van der Waals surface area contributed by atoms with Gasteiger partial charge in [0.2, 0.25) is 0 Å². The maximum atomic E-state index is 4.55. The van der Waals surface area contributed by atoms with Crippen LogP contribution in [0.2, 0.25) is 0 Å². The van der Waals surface area contributed by atoms with Gasteiger partial charge in [-0.25, -0.2) is 9.97 Å². The van der Waals surface area contributed by atoms with Crippen molar-refractivity contribution in [2.75, 3.05) is 0 Å². The van der Waals surface area contributed by atoms with Crippen LogP contribution < -0.4 is 0 Å². The molecule has 0 fully saturated rings. The molecule has 0 aliphatic carbocycles. The molecular formula is C12H18N4S2. The molecule has 0 bridgehead atoms. The first-order valence-electron chi connectivity index (χ1n) is 6.09. The van der Waals surface area contributed by atoms with E-state index in [9.17, 15) is 0 Å². The van der Waals surface area contributed by atoms with Gasteiger partial charge in [0.1, 0.15) is 21.7 Å². The van der Waals surface area contributed by atoms with Crippen LogP contribution in [0.3, 0.4) is 0 Å². The second kappa shape index (κ2) is 5.84. The van der Waals surface area contributed by atoms with Crippen molar-refractivity contribution in [2.45, 2.75) is 50.6 Å². The molecule has 0 aliphatic heterocycles. The summed E-state index contributed by atoms with van der Waals surface area (Å²) in [6.07, 6.45) is 1.88. The van der Waals surface area contributed by atoms with Crippen molar-refractivity contribution in [3.63, 3.8) is 0 Å². The summed E-state index contributed by atoms with van der Waals surface area (Å²) in [4.78, 5) is 15.7. The van der Waals surface area contributed by atoms with Crippen molar-refractivity contribution in [1.29, 1.82) is 0 Å². The smallest absolute Gasteiger partial charge is 0.128 e. The molecule has 0 saturated heterocycles. The zero-order valence-electron chi connectivity index (χ0n) is 11.1. The number of aromatic nitrogens is 4. The summed E-state index contributed by atoms with van der Waals surface area (Å²) in [6, 6.07) is 0. The molecule has 18 heavy (non-hydrogen) atoms. The van der Waals surface area contributed by atoms with E-state index in [1.165, 1.54) is 0 Å². The Morgan fingerprint density at radius 2 is 1.22 bits per heavy atom. The van der Waals surface area contributed by atoms with E-state index >= 15 is 0 Å². The number of aryl methyl sites for hydroxylation is 4. The molecule has 2 heterocycles. The molecule has 2 rings (SSSR count). The maximum Gasteiger partial charge on any atom is 0.128 e. The molecule has 0 unspecified atom stereocenters. The third-order valence-electron chi connectivity index (χ3n) is 2.65. The first-order valence-corrected chi connectivity index (χ1v) is 8.24. The van der Waals surface area contributed by atoms with Gasteiger partial charge in [-0.15, -0.1) is 0 Å². The molecule has 2 aromatic rings. The van der Waals surface area contributed by atoms with Crippen LogP contribution in [0.4, 0.5) is 0 Å². The van der Waals surface area contributed by atoms with Crippen molar-refractivity contribution in [2.24, 2.45) is 0 Å². The Balaban J connectivity index is 2.06. The lowest BCUT2D eigenvalue weighted by Crippen LogP contribution is -1.81. The van der Waals surface area contributed by atoms with Crippen LogP contribution in [0.1, 0.15) is 36.9 Å². The Morgan fingerprint density at radius 3 is 1.50 bits per heavy atom. The van der Waals surface area contributed by atoms with Gasteiger partial charge in [0.25, 0.3) is 0 Å². The van der Waals surface area contributed by atoms with Gasteiger partial charge in [0, 0.05) is 24.2 Å². The molecule has 6 heteroatoms. The second-order valence-corrected chi connectivity index (χ2v) is 6.21. The van der Waals surface area contributed by atoms with Gasteiger partial charge >= 0.3 is 0 Å². The van der Waals surface area contributed by atoms with Crippen LogP contribution in [-0.2, 0) is 12.8 Å². The predicted octanol–water partition coefficient (Wildman–Crippen LogP) is 3.67. The SMILES string of the molecule is CCc1nc(SSc2nc(CC)[nH]c2C)c(C)[nH]1. The predicted molar refractivity (Wildman–Crippen MR) is 77.1 cm³/mol. The van der Waals surface area contributed by atoms with E-state index in [0.717, 1.165) is 45.9 Å². The summed E-state index contributed by atoms with van der Waals surface area (Å²) in [6.45, 7) is 8.32. The number of aromatic amines is 2. The van der Waals surface area contributed by atoms with Gasteiger partial charge in [0.15, 0.2) is 0 Å². The van der Waals surface area contributed by atoms with Gasteiger partial charge in [0.05, 0.1) is 0 Å². The minimum atomic E-state index is 0.938. The molecule has 0 atom stereocenters. The van der Waals surface area contributed by atoms with Crippen molar-refractivity contribution >= 4 is 21.6 Å². The molecule has 0 spiro atoms. The third-order valence-corrected chi connectivity index (χ3v) is 5.04. The Morgan fingerprint density at radius 1 is 0.833 bits per heavy atom. The molecule has 2 aromatic heterocycles. The lowest BCUT2D eigenvalue weighted by molar-refractivity contribution is 0.969. The molecule has 0 radical (unpaired) electrons. The van der Waals surface area contributed by atoms with Crippen molar-refractivity contribution in [3.05, 3.63) is 23.0 Å². The van der Waals surface area contributed by atoms with E-state index < -0.39 is 0 Å². The monoisotopic (exact) mass is 282 g/mol. The lowest BCUT2D eigenvalue weighted by Gasteiger charge is -1.96. The first kappa shape index (κ1) is 13.5. The molecule has 2 N–H and O–H groups in total. The van der Waals surface area contributed by atoms with Crippen LogP contribution in [0.5, 0.6) is 0 Å². The maximum absolute atomic E-state index is 4.55. The summed E-state index contributed by atoms with van der Waals surface area (Å²) >= 11 is 0. The highest BCUT2D eigenvalue weighted by atomic mass is 33.1. The number of hydrogen-bond donors (Lipinski definition) is 2. The third kappa shape index (κ3) is 2.92. The van der Waals surface area contributed by atoms with Gasteiger partial charge < -0.3 is 9.97 Å². The van der Waals surface area contributed by atoms with Gasteiger partial charge in [-0.05, 0) is 35.4 Å². The number of nitrogens with zero attached hydrogens (tertiary/aromatic N) is 2. The summed E-state index contributed by atoms with van der Waals surface area (Å²) in [5, 5.41) is 2.11. The van der Waals surface area contributed by atoms with E-state index in [0.29, 0.717) is 0 Å². The number of H-pyrrole nitrogens is 2. The minimum absolute atomic E-state index is 0.938. The van der Waals surface area contributed by atoms with Crippen molar-refractivity contribution in [3.8, 4) is 0 Å². The first-order chi connectivity index (χ1) is 8.63. The fourth-order valence-electron chi connectivity index (χ4n) is 1.58. The summed E-state index contributed by atoms with van der Waals surface area (Å²) in [5.74, 6) is 2.09. The topological polar surface area (TPSA) is 57.4 Å². The van der Waals surface area contributed by atoms with E-state index in [1.54, 1.807) is 21.6 Å². The summed E-state index contributed by atoms with van der Waals surface area (Å²) in [7, 11) is 3.33. The second-order valence-electron chi connectivity index (χ2n) is 4.10. The van der Waals surface area contributed by atoms with Gasteiger partial charge in [-0.1, -0.05) is 13.8 Å². The molecule has 0 amide bonds. The number of imidazole rings is 2. The van der Waals surface area contributed by atoms with E-state index in [-0.39, 0.29) is 0 Å². The van der Waals surface area contributed by atoms with E-state index in [1.807, 2.05) is 0 Å². The molecule has 0 saturated carbocycles. The van der Waals surface area contributed by atoms with Crippen molar-refractivity contribution in [1.82, 2.24) is 19.9 Å². The minimum Gasteiger partial charge on any atom is -0.345 e. The molecule has 0 aliphatic rings. The fraction of sp³-hybridized carbons (Fsp3) is 0.500. The lowest BCUT2D eigenvalue weighted by atomic mass is 10.5. The Bertz CT molecular complexity index is 482. The highest BCUT2D eigenvalue weighted by Crippen LogP contribution is 2.38. The Kier molecular flexibility index (Phi) is 4.40. The quantitative estimate of drug-likeness (QED) is 0.821. The van der Waals surface area contributed by atoms with E-state index in [2.05, 4.69) is 47.6 Å². The van der Waals surface area contributed by atoms with Crippen LogP contribution in [-0.4, -0.2) is 19.9 Å². The number of hydrogen-bond acceptors (Lipinski definition) is 4. The van der Waals surface area contributed by atoms with Crippen LogP contribution in [0.15, 0.2) is 10.1 Å². The molecule has 0 aromatic carbocycles. The van der Waals surface area contributed by atoms with Gasteiger partial charge in [-0.3, -0.25) is 0 Å². The molecule has 4 nitrogen and oxygen atoms in total. The largest absolute Gasteiger partial charge is 0.345 e. The highest BCUT2D eigenvalue weighted by molar-refractivity contribution is 8.76. The zero-order valence-corrected chi connectivity index (χ0v) is 12.8. The zero-order chi connectivity index (χ0) is 13.1. The molecule has 98 valence electrons. The van der Waals surface area contributed by atoms with Crippen LogP contribution >= 0.6 is 21.6 Å². The van der Waals surface area contributed by atoms with Gasteiger partial charge in [-0.2, -0.15) is 0 Å². The number of nitrogens with one attached hydrogen (secondary N) is 2. The van der Waals surface area contributed by atoms with E-state index in [4.69, 9.17) is 0 Å². The standard InChI is InChI=1S/C12H18N4S2/c1-5-9-13-7(3)11(15-9)17-18-12-8(4)14-10(6-2)16-12/h5-6H2,1-4H3,(H,13,15)(H,14,16). The highest BCUT2D eigenvalue weighted by Gasteiger charge is 2.11. The Labute approximate surface area is 115 Å². The average Bonchev–Trinajstić information content (AvgIpc) is 2.90. The Hall–Kier alpha value is -0.880. The summed E-state index contributed by atoms with van der Waals surface area (Å²) in [5.41, 5.74) is 2.27. The average molecular weight is 282 g/mol. The molecular weight excluding hydrogens is 264 g/mol. The normalized spacial score (nSPS) is 11.1. The fourth-order valence-corrected chi connectivity index (χ4v) is 3.84. The van der Waals surface area contributed by atoms with Crippen LogP contribution in [0, 0.1) is 13.8 Å². The van der Waals surface area contributed by atoms with Crippen LogP contribution in [0.25, 0.3) is 0 Å². The number of rotatable bonds is 5. The summed E-state index contributed by atoms with van der Waals surface area (Å²) < 4.78 is 0.